The van der Waals surface area contributed by atoms with Gasteiger partial charge in [-0.05, 0) is 44.4 Å². The Morgan fingerprint density at radius 3 is 2.36 bits per heavy atom. The molecule has 0 saturated carbocycles. The average Bonchev–Trinajstić information content (AvgIpc) is 2.64. The first kappa shape index (κ1) is 21.0. The van der Waals surface area contributed by atoms with Crippen LogP contribution in [0.1, 0.15) is 57.3 Å². The monoisotopic (exact) mass is 351 g/mol. The topological polar surface area (TPSA) is 73.9 Å². The Morgan fingerprint density at radius 2 is 1.80 bits per heavy atom. The van der Waals surface area contributed by atoms with Crippen LogP contribution in [0.5, 0.6) is 5.75 Å². The molecule has 1 atom stereocenters. The van der Waals surface area contributed by atoms with E-state index in [1.807, 2.05) is 20.8 Å². The second-order valence-corrected chi connectivity index (χ2v) is 5.94. The third-order valence-corrected chi connectivity index (χ3v) is 3.88. The molecule has 1 N–H and O–H groups in total. The molecule has 0 saturated heterocycles. The van der Waals surface area contributed by atoms with Crippen molar-refractivity contribution in [3.05, 3.63) is 23.8 Å². The number of amides is 1. The van der Waals surface area contributed by atoms with Crippen LogP contribution in [0, 0.1) is 0 Å². The van der Waals surface area contributed by atoms with Crippen molar-refractivity contribution in [2.45, 2.75) is 52.6 Å². The lowest BCUT2D eigenvalue weighted by Crippen LogP contribution is -2.42. The molecule has 140 valence electrons. The molecule has 1 aromatic carbocycles. The standard InChI is InChI=1S/C19H29NO5/c1-6-11-24-16-10-9-14(13-15(16)17(21)23-5)20-18(22)19(4,8-3)25-12-7-2/h9-10,13H,6-8,11-12H2,1-5H3,(H,20,22). The van der Waals surface area contributed by atoms with Crippen molar-refractivity contribution in [1.29, 1.82) is 0 Å². The maximum Gasteiger partial charge on any atom is 0.341 e. The van der Waals surface area contributed by atoms with Gasteiger partial charge in [0.2, 0.25) is 0 Å². The number of carbonyl (C=O) groups excluding carboxylic acids is 2. The van der Waals surface area contributed by atoms with Gasteiger partial charge in [0.05, 0.1) is 13.7 Å². The molecule has 0 fully saturated rings. The Balaban J connectivity index is 3.01. The minimum atomic E-state index is -0.918. The van der Waals surface area contributed by atoms with Gasteiger partial charge in [0, 0.05) is 12.3 Å². The van der Waals surface area contributed by atoms with E-state index in [0.717, 1.165) is 12.8 Å². The van der Waals surface area contributed by atoms with E-state index in [-0.39, 0.29) is 11.5 Å². The van der Waals surface area contributed by atoms with Gasteiger partial charge in [0.15, 0.2) is 0 Å². The molecule has 0 aliphatic carbocycles. The van der Waals surface area contributed by atoms with Crippen LogP contribution in [0.4, 0.5) is 5.69 Å². The lowest BCUT2D eigenvalue weighted by Gasteiger charge is -2.27. The van der Waals surface area contributed by atoms with Gasteiger partial charge in [0.1, 0.15) is 16.9 Å². The molecule has 0 aliphatic heterocycles. The zero-order valence-electron chi connectivity index (χ0n) is 15.8. The van der Waals surface area contributed by atoms with Crippen LogP contribution in [0.2, 0.25) is 0 Å². The number of methoxy groups -OCH3 is 1. The van der Waals surface area contributed by atoms with E-state index in [9.17, 15) is 9.59 Å². The van der Waals surface area contributed by atoms with Gasteiger partial charge in [0.25, 0.3) is 5.91 Å². The van der Waals surface area contributed by atoms with E-state index in [1.165, 1.54) is 7.11 Å². The zero-order valence-corrected chi connectivity index (χ0v) is 15.8. The van der Waals surface area contributed by atoms with Crippen molar-refractivity contribution in [1.82, 2.24) is 0 Å². The van der Waals surface area contributed by atoms with Crippen LogP contribution in [-0.4, -0.2) is 37.8 Å². The molecular formula is C19H29NO5. The molecule has 0 bridgehead atoms. The average molecular weight is 351 g/mol. The highest BCUT2D eigenvalue weighted by Gasteiger charge is 2.32. The van der Waals surface area contributed by atoms with Gasteiger partial charge >= 0.3 is 5.97 Å². The highest BCUT2D eigenvalue weighted by Crippen LogP contribution is 2.26. The van der Waals surface area contributed by atoms with E-state index in [4.69, 9.17) is 14.2 Å². The van der Waals surface area contributed by atoms with E-state index in [0.29, 0.717) is 31.1 Å². The number of hydrogen-bond donors (Lipinski definition) is 1. The Labute approximate surface area is 149 Å². The van der Waals surface area contributed by atoms with Gasteiger partial charge in [-0.15, -0.1) is 0 Å². The Bertz CT molecular complexity index is 587. The van der Waals surface area contributed by atoms with Crippen LogP contribution in [0.3, 0.4) is 0 Å². The van der Waals surface area contributed by atoms with Gasteiger partial charge in [-0.1, -0.05) is 20.8 Å². The van der Waals surface area contributed by atoms with Gasteiger partial charge in [-0.25, -0.2) is 4.79 Å². The maximum atomic E-state index is 12.6. The van der Waals surface area contributed by atoms with Crippen molar-refractivity contribution in [3.8, 4) is 5.75 Å². The summed E-state index contributed by atoms with van der Waals surface area (Å²) in [7, 11) is 1.31. The van der Waals surface area contributed by atoms with Crippen LogP contribution < -0.4 is 10.1 Å². The minimum Gasteiger partial charge on any atom is -0.493 e. The van der Waals surface area contributed by atoms with Crippen molar-refractivity contribution in [3.63, 3.8) is 0 Å². The van der Waals surface area contributed by atoms with E-state index < -0.39 is 11.6 Å². The van der Waals surface area contributed by atoms with Gasteiger partial charge in [-0.3, -0.25) is 4.79 Å². The maximum absolute atomic E-state index is 12.6. The van der Waals surface area contributed by atoms with E-state index in [2.05, 4.69) is 5.32 Å². The normalized spacial score (nSPS) is 13.0. The molecule has 25 heavy (non-hydrogen) atoms. The summed E-state index contributed by atoms with van der Waals surface area (Å²) in [6.07, 6.45) is 2.20. The fraction of sp³-hybridized carbons (Fsp3) is 0.579. The van der Waals surface area contributed by atoms with E-state index in [1.54, 1.807) is 25.1 Å². The second kappa shape index (κ2) is 10.0. The Kier molecular flexibility index (Phi) is 8.41. The molecule has 0 heterocycles. The Morgan fingerprint density at radius 1 is 1.12 bits per heavy atom. The molecule has 1 rings (SSSR count). The first-order chi connectivity index (χ1) is 11.9. The molecular weight excluding hydrogens is 322 g/mol. The SMILES string of the molecule is CCCOc1ccc(NC(=O)C(C)(CC)OCCC)cc1C(=O)OC. The fourth-order valence-corrected chi connectivity index (χ4v) is 2.13. The summed E-state index contributed by atoms with van der Waals surface area (Å²) in [5.41, 5.74) is -0.144. The van der Waals surface area contributed by atoms with Crippen molar-refractivity contribution >= 4 is 17.6 Å². The van der Waals surface area contributed by atoms with Gasteiger partial charge < -0.3 is 19.5 Å². The number of nitrogens with one attached hydrogen (secondary N) is 1. The summed E-state index contributed by atoms with van der Waals surface area (Å²) in [4.78, 5) is 24.6. The fourth-order valence-electron chi connectivity index (χ4n) is 2.13. The number of ether oxygens (including phenoxy) is 3. The summed E-state index contributed by atoms with van der Waals surface area (Å²) in [6, 6.07) is 4.92. The minimum absolute atomic E-state index is 0.249. The first-order valence-electron chi connectivity index (χ1n) is 8.72. The molecule has 0 aliphatic rings. The molecule has 1 aromatic rings. The lowest BCUT2D eigenvalue weighted by atomic mass is 10.0. The summed E-state index contributed by atoms with van der Waals surface area (Å²) >= 11 is 0. The third kappa shape index (κ3) is 5.74. The molecule has 0 spiro atoms. The van der Waals surface area contributed by atoms with Crippen molar-refractivity contribution in [2.75, 3.05) is 25.6 Å². The van der Waals surface area contributed by atoms with E-state index >= 15 is 0 Å². The largest absolute Gasteiger partial charge is 0.493 e. The Hall–Kier alpha value is -2.08. The number of hydrogen-bond acceptors (Lipinski definition) is 5. The summed E-state index contributed by atoms with van der Waals surface area (Å²) < 4.78 is 16.1. The zero-order chi connectivity index (χ0) is 18.9. The van der Waals surface area contributed by atoms with Crippen LogP contribution in [0.25, 0.3) is 0 Å². The molecule has 6 nitrogen and oxygen atoms in total. The molecule has 0 radical (unpaired) electrons. The second-order valence-electron chi connectivity index (χ2n) is 5.94. The number of anilines is 1. The molecule has 0 aromatic heterocycles. The first-order valence-corrected chi connectivity index (χ1v) is 8.72. The highest BCUT2D eigenvalue weighted by molar-refractivity contribution is 5.99. The van der Waals surface area contributed by atoms with Crippen LogP contribution in [-0.2, 0) is 14.3 Å². The van der Waals surface area contributed by atoms with Crippen LogP contribution >= 0.6 is 0 Å². The summed E-state index contributed by atoms with van der Waals surface area (Å²) in [5.74, 6) is -0.323. The summed E-state index contributed by atoms with van der Waals surface area (Å²) in [5, 5.41) is 2.82. The number of benzene rings is 1. The number of carbonyl (C=O) groups is 2. The van der Waals surface area contributed by atoms with Crippen LogP contribution in [0.15, 0.2) is 18.2 Å². The quantitative estimate of drug-likeness (QED) is 0.649. The predicted octanol–water partition coefficient (Wildman–Crippen LogP) is 3.80. The predicted molar refractivity (Wildman–Crippen MR) is 97.1 cm³/mol. The molecule has 1 unspecified atom stereocenters. The highest BCUT2D eigenvalue weighted by atomic mass is 16.5. The van der Waals surface area contributed by atoms with Gasteiger partial charge in [-0.2, -0.15) is 0 Å². The number of rotatable bonds is 10. The molecule has 6 heteroatoms. The third-order valence-electron chi connectivity index (χ3n) is 3.88. The summed E-state index contributed by atoms with van der Waals surface area (Å²) in [6.45, 7) is 8.64. The smallest absolute Gasteiger partial charge is 0.341 e. The van der Waals surface area contributed by atoms with Crippen molar-refractivity contribution in [2.24, 2.45) is 0 Å². The van der Waals surface area contributed by atoms with Crippen molar-refractivity contribution < 1.29 is 23.8 Å². The molecule has 1 amide bonds. The lowest BCUT2D eigenvalue weighted by molar-refractivity contribution is -0.139. The number of esters is 1.